The van der Waals surface area contributed by atoms with Gasteiger partial charge in [0.05, 0.1) is 11.3 Å². The normalized spacial score (nSPS) is 13.6. The summed E-state index contributed by atoms with van der Waals surface area (Å²) in [6.45, 7) is 12.0. The van der Waals surface area contributed by atoms with Gasteiger partial charge in [0.1, 0.15) is 0 Å². The van der Waals surface area contributed by atoms with Crippen LogP contribution < -0.4 is 5.32 Å². The topological polar surface area (TPSA) is 57.8 Å². The second kappa shape index (κ2) is 4.28. The Kier molecular flexibility index (Phi) is 3.41. The van der Waals surface area contributed by atoms with Crippen molar-refractivity contribution in [3.05, 3.63) is 17.0 Å². The Hall–Kier alpha value is -1.32. The minimum atomic E-state index is -0.0498. The van der Waals surface area contributed by atoms with Gasteiger partial charge in [0.2, 0.25) is 0 Å². The molecule has 16 heavy (non-hydrogen) atoms. The van der Waals surface area contributed by atoms with Crippen LogP contribution in [0.4, 0.5) is 0 Å². The molecule has 1 unspecified atom stereocenters. The fraction of sp³-hybridized carbons (Fsp3) is 0.667. The molecule has 4 heteroatoms. The molecule has 0 bridgehead atoms. The molecule has 1 heterocycles. The molecular formula is C12H21N3O. The van der Waals surface area contributed by atoms with Gasteiger partial charge >= 0.3 is 0 Å². The Balaban J connectivity index is 2.82. The van der Waals surface area contributed by atoms with Crippen LogP contribution in [-0.4, -0.2) is 22.1 Å². The average molecular weight is 223 g/mol. The number of H-pyrrole nitrogens is 1. The quantitative estimate of drug-likeness (QED) is 0.807. The zero-order valence-corrected chi connectivity index (χ0v) is 10.9. The number of amides is 1. The van der Waals surface area contributed by atoms with E-state index in [0.29, 0.717) is 5.56 Å². The molecule has 4 nitrogen and oxygen atoms in total. The Morgan fingerprint density at radius 1 is 1.38 bits per heavy atom. The maximum absolute atomic E-state index is 12.0. The fourth-order valence-corrected chi connectivity index (χ4v) is 1.37. The van der Waals surface area contributed by atoms with Crippen LogP contribution in [0.25, 0.3) is 0 Å². The molecule has 0 radical (unpaired) electrons. The van der Waals surface area contributed by atoms with Crippen LogP contribution in [0.2, 0.25) is 0 Å². The van der Waals surface area contributed by atoms with Gasteiger partial charge in [0.15, 0.2) is 0 Å². The SMILES string of the molecule is Cc1n[nH]c(C)c1C(=O)NC(C)C(C)(C)C. The molecule has 2 N–H and O–H groups in total. The Morgan fingerprint density at radius 3 is 2.31 bits per heavy atom. The summed E-state index contributed by atoms with van der Waals surface area (Å²) in [6, 6.07) is 0.119. The zero-order chi connectivity index (χ0) is 12.5. The van der Waals surface area contributed by atoms with Crippen LogP contribution in [0.1, 0.15) is 49.4 Å². The first-order chi connectivity index (χ1) is 7.23. The van der Waals surface area contributed by atoms with E-state index in [2.05, 4.69) is 36.3 Å². The lowest BCUT2D eigenvalue weighted by Gasteiger charge is -2.28. The molecule has 0 spiro atoms. The lowest BCUT2D eigenvalue weighted by molar-refractivity contribution is 0.0909. The van der Waals surface area contributed by atoms with Crippen LogP contribution in [0.15, 0.2) is 0 Å². The van der Waals surface area contributed by atoms with Crippen molar-refractivity contribution in [2.75, 3.05) is 0 Å². The molecule has 1 rings (SSSR count). The highest BCUT2D eigenvalue weighted by atomic mass is 16.1. The third-order valence-electron chi connectivity index (χ3n) is 3.00. The first-order valence-corrected chi connectivity index (χ1v) is 5.56. The minimum absolute atomic E-state index is 0.0498. The van der Waals surface area contributed by atoms with Gasteiger partial charge in [0, 0.05) is 11.7 Å². The van der Waals surface area contributed by atoms with Crippen molar-refractivity contribution in [3.8, 4) is 0 Å². The Labute approximate surface area is 96.8 Å². The summed E-state index contributed by atoms with van der Waals surface area (Å²) in [4.78, 5) is 12.0. The number of aromatic amines is 1. The van der Waals surface area contributed by atoms with Crippen LogP contribution in [0.3, 0.4) is 0 Å². The third-order valence-corrected chi connectivity index (χ3v) is 3.00. The number of aromatic nitrogens is 2. The number of rotatable bonds is 2. The molecule has 0 fully saturated rings. The van der Waals surface area contributed by atoms with E-state index in [0.717, 1.165) is 11.4 Å². The van der Waals surface area contributed by atoms with Crippen molar-refractivity contribution in [1.82, 2.24) is 15.5 Å². The van der Waals surface area contributed by atoms with Crippen LogP contribution in [-0.2, 0) is 0 Å². The van der Waals surface area contributed by atoms with Gasteiger partial charge in [0.25, 0.3) is 5.91 Å². The van der Waals surface area contributed by atoms with Gasteiger partial charge in [-0.2, -0.15) is 5.10 Å². The predicted molar refractivity (Wildman–Crippen MR) is 64.4 cm³/mol. The summed E-state index contributed by atoms with van der Waals surface area (Å²) in [5.74, 6) is -0.0498. The molecule has 0 saturated carbocycles. The summed E-state index contributed by atoms with van der Waals surface area (Å²) in [5.41, 5.74) is 2.28. The number of carbonyl (C=O) groups excluding carboxylic acids is 1. The van der Waals surface area contributed by atoms with Gasteiger partial charge in [-0.3, -0.25) is 9.89 Å². The second-order valence-corrected chi connectivity index (χ2v) is 5.37. The van der Waals surface area contributed by atoms with Gasteiger partial charge < -0.3 is 5.32 Å². The Morgan fingerprint density at radius 2 is 1.94 bits per heavy atom. The first kappa shape index (κ1) is 12.7. The molecule has 1 amide bonds. The van der Waals surface area contributed by atoms with E-state index >= 15 is 0 Å². The lowest BCUT2D eigenvalue weighted by Crippen LogP contribution is -2.41. The van der Waals surface area contributed by atoms with E-state index in [1.54, 1.807) is 0 Å². The molecule has 0 aliphatic carbocycles. The summed E-state index contributed by atoms with van der Waals surface area (Å²) >= 11 is 0. The maximum atomic E-state index is 12.0. The zero-order valence-electron chi connectivity index (χ0n) is 10.9. The van der Waals surface area contributed by atoms with Gasteiger partial charge in [-0.15, -0.1) is 0 Å². The number of aryl methyl sites for hydroxylation is 2. The third kappa shape index (κ3) is 2.62. The molecule has 1 atom stereocenters. The monoisotopic (exact) mass is 223 g/mol. The number of nitrogens with one attached hydrogen (secondary N) is 2. The van der Waals surface area contributed by atoms with Crippen molar-refractivity contribution in [3.63, 3.8) is 0 Å². The van der Waals surface area contributed by atoms with E-state index in [-0.39, 0.29) is 17.4 Å². The average Bonchev–Trinajstić information content (AvgIpc) is 2.44. The summed E-state index contributed by atoms with van der Waals surface area (Å²) in [6.07, 6.45) is 0. The number of nitrogens with zero attached hydrogens (tertiary/aromatic N) is 1. The smallest absolute Gasteiger partial charge is 0.255 e. The van der Waals surface area contributed by atoms with E-state index in [9.17, 15) is 4.79 Å². The second-order valence-electron chi connectivity index (χ2n) is 5.37. The van der Waals surface area contributed by atoms with Gasteiger partial charge in [-0.25, -0.2) is 0 Å². The van der Waals surface area contributed by atoms with Crippen LogP contribution in [0.5, 0.6) is 0 Å². The minimum Gasteiger partial charge on any atom is -0.349 e. The molecule has 1 aromatic heterocycles. The molecule has 0 aliphatic heterocycles. The number of carbonyl (C=O) groups is 1. The summed E-state index contributed by atoms with van der Waals surface area (Å²) < 4.78 is 0. The van der Waals surface area contributed by atoms with E-state index in [4.69, 9.17) is 0 Å². The van der Waals surface area contributed by atoms with Crippen molar-refractivity contribution in [2.45, 2.75) is 47.6 Å². The van der Waals surface area contributed by atoms with Crippen molar-refractivity contribution < 1.29 is 4.79 Å². The van der Waals surface area contributed by atoms with Crippen molar-refractivity contribution in [1.29, 1.82) is 0 Å². The first-order valence-electron chi connectivity index (χ1n) is 5.56. The summed E-state index contributed by atoms with van der Waals surface area (Å²) in [7, 11) is 0. The van der Waals surface area contributed by atoms with E-state index in [1.165, 1.54) is 0 Å². The predicted octanol–water partition coefficient (Wildman–Crippen LogP) is 2.19. The highest BCUT2D eigenvalue weighted by Gasteiger charge is 2.24. The van der Waals surface area contributed by atoms with Gasteiger partial charge in [-0.05, 0) is 26.2 Å². The molecule has 0 aromatic carbocycles. The number of hydrogen-bond donors (Lipinski definition) is 2. The summed E-state index contributed by atoms with van der Waals surface area (Å²) in [5, 5.41) is 9.84. The van der Waals surface area contributed by atoms with Crippen molar-refractivity contribution >= 4 is 5.91 Å². The highest BCUT2D eigenvalue weighted by Crippen LogP contribution is 2.19. The van der Waals surface area contributed by atoms with Gasteiger partial charge in [-0.1, -0.05) is 20.8 Å². The highest BCUT2D eigenvalue weighted by molar-refractivity contribution is 5.96. The maximum Gasteiger partial charge on any atom is 0.255 e. The van der Waals surface area contributed by atoms with Crippen LogP contribution >= 0.6 is 0 Å². The van der Waals surface area contributed by atoms with Crippen molar-refractivity contribution in [2.24, 2.45) is 5.41 Å². The standard InChI is InChI=1S/C12H21N3O/c1-7-10(8(2)15-14-7)11(16)13-9(3)12(4,5)6/h9H,1-6H3,(H,13,16)(H,14,15). The lowest BCUT2D eigenvalue weighted by atomic mass is 9.88. The molecule has 0 aliphatic rings. The largest absolute Gasteiger partial charge is 0.349 e. The molecule has 1 aromatic rings. The van der Waals surface area contributed by atoms with E-state index in [1.807, 2.05) is 20.8 Å². The molecular weight excluding hydrogens is 202 g/mol. The van der Waals surface area contributed by atoms with Crippen LogP contribution in [0, 0.1) is 19.3 Å². The fourth-order valence-electron chi connectivity index (χ4n) is 1.37. The molecule has 90 valence electrons. The Bertz CT molecular complexity index is 368. The van der Waals surface area contributed by atoms with E-state index < -0.39 is 0 Å². The molecule has 0 saturated heterocycles. The number of hydrogen-bond acceptors (Lipinski definition) is 2.